The highest BCUT2D eigenvalue weighted by molar-refractivity contribution is 7.83. The molecule has 0 aromatic heterocycles. The van der Waals surface area contributed by atoms with Crippen molar-refractivity contribution in [3.8, 4) is 0 Å². The maximum atomic E-state index is 12.5. The third-order valence-corrected chi connectivity index (χ3v) is 4.95. The number of nitrogens with zero attached hydrogens (tertiary/aromatic N) is 1. The summed E-state index contributed by atoms with van der Waals surface area (Å²) in [5.41, 5.74) is 1.75. The highest BCUT2D eigenvalue weighted by Gasteiger charge is 2.16. The molecule has 2 aromatic rings. The van der Waals surface area contributed by atoms with Crippen LogP contribution in [0.4, 0.5) is 5.69 Å². The highest BCUT2D eigenvalue weighted by Crippen LogP contribution is 2.24. The SMILES string of the molecule is CN(CC(=O)Nc1ccc(Cl)c(Cl)c1)C(=O)c1cccc(CS(C)=O)c1. The van der Waals surface area contributed by atoms with E-state index in [9.17, 15) is 13.8 Å². The molecule has 0 saturated carbocycles. The second-order valence-corrected chi connectivity index (χ2v) is 8.01. The summed E-state index contributed by atoms with van der Waals surface area (Å²) in [6.45, 7) is -0.122. The zero-order chi connectivity index (χ0) is 19.3. The summed E-state index contributed by atoms with van der Waals surface area (Å²) >= 11 is 11.8. The Balaban J connectivity index is 2.00. The topological polar surface area (TPSA) is 66.5 Å². The van der Waals surface area contributed by atoms with Crippen LogP contribution in [0.2, 0.25) is 10.0 Å². The van der Waals surface area contributed by atoms with Gasteiger partial charge in [0.25, 0.3) is 5.91 Å². The molecule has 0 heterocycles. The lowest BCUT2D eigenvalue weighted by Crippen LogP contribution is -2.35. The minimum absolute atomic E-state index is 0.122. The summed E-state index contributed by atoms with van der Waals surface area (Å²) in [4.78, 5) is 26.0. The van der Waals surface area contributed by atoms with E-state index in [1.807, 2.05) is 6.07 Å². The normalized spacial score (nSPS) is 11.7. The summed E-state index contributed by atoms with van der Waals surface area (Å²) in [5.74, 6) is -0.272. The van der Waals surface area contributed by atoms with E-state index < -0.39 is 10.8 Å². The molecule has 0 aliphatic carbocycles. The van der Waals surface area contributed by atoms with Crippen LogP contribution in [0.25, 0.3) is 0 Å². The van der Waals surface area contributed by atoms with Gasteiger partial charge in [0.1, 0.15) is 0 Å². The Morgan fingerprint density at radius 2 is 1.85 bits per heavy atom. The van der Waals surface area contributed by atoms with Crippen molar-refractivity contribution in [1.29, 1.82) is 0 Å². The second kappa shape index (κ2) is 9.16. The first kappa shape index (κ1) is 20.4. The van der Waals surface area contributed by atoms with Crippen LogP contribution >= 0.6 is 23.2 Å². The van der Waals surface area contributed by atoms with Gasteiger partial charge in [0, 0.05) is 41.1 Å². The zero-order valence-electron chi connectivity index (χ0n) is 14.3. The fourth-order valence-electron chi connectivity index (χ4n) is 2.31. The van der Waals surface area contributed by atoms with Crippen LogP contribution in [0.1, 0.15) is 15.9 Å². The Morgan fingerprint density at radius 3 is 2.50 bits per heavy atom. The van der Waals surface area contributed by atoms with Crippen molar-refractivity contribution < 1.29 is 13.8 Å². The van der Waals surface area contributed by atoms with Crippen molar-refractivity contribution in [3.05, 3.63) is 63.6 Å². The second-order valence-electron chi connectivity index (χ2n) is 5.76. The molecule has 138 valence electrons. The van der Waals surface area contributed by atoms with Gasteiger partial charge < -0.3 is 10.2 Å². The number of nitrogens with one attached hydrogen (secondary N) is 1. The number of hydrogen-bond acceptors (Lipinski definition) is 3. The fourth-order valence-corrected chi connectivity index (χ4v) is 3.26. The number of carbonyl (C=O) groups is 2. The maximum Gasteiger partial charge on any atom is 0.254 e. The molecule has 2 aromatic carbocycles. The monoisotopic (exact) mass is 412 g/mol. The Bertz CT molecular complexity index is 858. The number of benzene rings is 2. The van der Waals surface area contributed by atoms with Crippen LogP contribution in [0.15, 0.2) is 42.5 Å². The van der Waals surface area contributed by atoms with Gasteiger partial charge in [-0.05, 0) is 35.9 Å². The number of anilines is 1. The molecule has 1 N–H and O–H groups in total. The van der Waals surface area contributed by atoms with E-state index in [1.54, 1.807) is 43.6 Å². The van der Waals surface area contributed by atoms with Crippen molar-refractivity contribution in [1.82, 2.24) is 4.90 Å². The lowest BCUT2D eigenvalue weighted by atomic mass is 10.1. The highest BCUT2D eigenvalue weighted by atomic mass is 35.5. The minimum atomic E-state index is -0.993. The molecular formula is C18H18Cl2N2O3S. The van der Waals surface area contributed by atoms with Crippen LogP contribution in [-0.2, 0) is 21.3 Å². The van der Waals surface area contributed by atoms with Crippen LogP contribution in [0.3, 0.4) is 0 Å². The van der Waals surface area contributed by atoms with Gasteiger partial charge >= 0.3 is 0 Å². The Hall–Kier alpha value is -1.89. The van der Waals surface area contributed by atoms with Crippen LogP contribution < -0.4 is 5.32 Å². The smallest absolute Gasteiger partial charge is 0.254 e. The van der Waals surface area contributed by atoms with E-state index in [1.165, 1.54) is 11.0 Å². The molecule has 0 saturated heterocycles. The number of halogens is 2. The average Bonchev–Trinajstić information content (AvgIpc) is 2.57. The summed E-state index contributed by atoms with van der Waals surface area (Å²) in [6.07, 6.45) is 1.61. The summed E-state index contributed by atoms with van der Waals surface area (Å²) in [7, 11) is 0.550. The molecule has 26 heavy (non-hydrogen) atoms. The van der Waals surface area contributed by atoms with Crippen molar-refractivity contribution in [3.63, 3.8) is 0 Å². The molecule has 0 bridgehead atoms. The van der Waals surface area contributed by atoms with Gasteiger partial charge in [-0.2, -0.15) is 0 Å². The molecule has 8 heteroatoms. The zero-order valence-corrected chi connectivity index (χ0v) is 16.6. The quantitative estimate of drug-likeness (QED) is 0.787. The van der Waals surface area contributed by atoms with Gasteiger partial charge in [-0.3, -0.25) is 13.8 Å². The molecule has 1 unspecified atom stereocenters. The third kappa shape index (κ3) is 5.83. The van der Waals surface area contributed by atoms with Crippen molar-refractivity contribution in [2.24, 2.45) is 0 Å². The predicted molar refractivity (Wildman–Crippen MR) is 106 cm³/mol. The first-order valence-electron chi connectivity index (χ1n) is 7.65. The first-order valence-corrected chi connectivity index (χ1v) is 10.1. The third-order valence-electron chi connectivity index (χ3n) is 3.47. The number of carbonyl (C=O) groups excluding carboxylic acids is 2. The van der Waals surface area contributed by atoms with Crippen LogP contribution in [-0.4, -0.2) is 40.8 Å². The number of likely N-dealkylation sites (N-methyl/N-ethyl adjacent to an activating group) is 1. The van der Waals surface area contributed by atoms with Crippen molar-refractivity contribution in [2.45, 2.75) is 5.75 Å². The van der Waals surface area contributed by atoms with Gasteiger partial charge in [0.15, 0.2) is 0 Å². The lowest BCUT2D eigenvalue weighted by Gasteiger charge is -2.17. The summed E-state index contributed by atoms with van der Waals surface area (Å²) in [5, 5.41) is 3.39. The van der Waals surface area contributed by atoms with Crippen molar-refractivity contribution >= 4 is 51.5 Å². The molecule has 0 fully saturated rings. The minimum Gasteiger partial charge on any atom is -0.332 e. The van der Waals surface area contributed by atoms with E-state index >= 15 is 0 Å². The Kier molecular flexibility index (Phi) is 7.20. The molecule has 2 amide bonds. The summed E-state index contributed by atoms with van der Waals surface area (Å²) < 4.78 is 11.3. The van der Waals surface area contributed by atoms with Gasteiger partial charge in [-0.1, -0.05) is 35.3 Å². The Labute approximate surface area is 164 Å². The molecule has 0 aliphatic heterocycles. The average molecular weight is 413 g/mol. The summed E-state index contributed by atoms with van der Waals surface area (Å²) in [6, 6.07) is 11.7. The first-order chi connectivity index (χ1) is 12.3. The van der Waals surface area contributed by atoms with E-state index in [0.717, 1.165) is 5.56 Å². The Morgan fingerprint density at radius 1 is 1.12 bits per heavy atom. The molecule has 1 atom stereocenters. The fraction of sp³-hybridized carbons (Fsp3) is 0.222. The van der Waals surface area contributed by atoms with Gasteiger partial charge in [0.05, 0.1) is 16.6 Å². The van der Waals surface area contributed by atoms with Crippen molar-refractivity contribution in [2.75, 3.05) is 25.2 Å². The lowest BCUT2D eigenvalue weighted by molar-refractivity contribution is -0.116. The molecule has 5 nitrogen and oxygen atoms in total. The van der Waals surface area contributed by atoms with E-state index in [0.29, 0.717) is 27.0 Å². The molecule has 0 radical (unpaired) electrons. The maximum absolute atomic E-state index is 12.5. The molecule has 0 aliphatic rings. The standard InChI is InChI=1S/C18H18Cl2N2O3S/c1-22(10-17(23)21-14-6-7-15(19)16(20)9-14)18(24)13-5-3-4-12(8-13)11-26(2)25/h3-9H,10-11H2,1-2H3,(H,21,23). The van der Waals surface area contributed by atoms with Gasteiger partial charge in [-0.25, -0.2) is 0 Å². The van der Waals surface area contributed by atoms with Crippen LogP contribution in [0, 0.1) is 0 Å². The van der Waals surface area contributed by atoms with Crippen LogP contribution in [0.5, 0.6) is 0 Å². The number of hydrogen-bond donors (Lipinski definition) is 1. The molecular weight excluding hydrogens is 395 g/mol. The van der Waals surface area contributed by atoms with E-state index in [4.69, 9.17) is 23.2 Å². The molecule has 0 spiro atoms. The van der Waals surface area contributed by atoms with Gasteiger partial charge in [-0.15, -0.1) is 0 Å². The van der Waals surface area contributed by atoms with E-state index in [-0.39, 0.29) is 18.4 Å². The molecule has 2 rings (SSSR count). The number of amides is 2. The largest absolute Gasteiger partial charge is 0.332 e. The predicted octanol–water partition coefficient (Wildman–Crippen LogP) is 3.58. The van der Waals surface area contributed by atoms with Gasteiger partial charge in [0.2, 0.25) is 5.91 Å². The van der Waals surface area contributed by atoms with E-state index in [2.05, 4.69) is 5.32 Å². The number of rotatable bonds is 6.